The number of hydrazone groups is 1. The average molecular weight is 207 g/mol. The zero-order valence-corrected chi connectivity index (χ0v) is 8.71. The van der Waals surface area contributed by atoms with Crippen molar-refractivity contribution < 1.29 is 9.90 Å². The SMILES string of the molecule is CCN(/N=C(/C)c1cccnc1)C(=O)O. The Labute approximate surface area is 88.1 Å². The first-order valence-corrected chi connectivity index (χ1v) is 4.61. The van der Waals surface area contributed by atoms with Crippen LogP contribution in [0.25, 0.3) is 0 Å². The lowest BCUT2D eigenvalue weighted by molar-refractivity contribution is 0.149. The molecular formula is C10H13N3O2. The molecule has 80 valence electrons. The van der Waals surface area contributed by atoms with Crippen molar-refractivity contribution in [2.24, 2.45) is 5.10 Å². The fourth-order valence-electron chi connectivity index (χ4n) is 1.06. The van der Waals surface area contributed by atoms with Gasteiger partial charge in [0.05, 0.1) is 5.71 Å². The summed E-state index contributed by atoms with van der Waals surface area (Å²) in [7, 11) is 0. The van der Waals surface area contributed by atoms with Gasteiger partial charge in [0, 0.05) is 24.5 Å². The zero-order valence-electron chi connectivity index (χ0n) is 8.71. The average Bonchev–Trinajstić information content (AvgIpc) is 2.26. The summed E-state index contributed by atoms with van der Waals surface area (Å²) in [6.45, 7) is 3.81. The van der Waals surface area contributed by atoms with E-state index in [4.69, 9.17) is 5.11 Å². The maximum atomic E-state index is 10.7. The highest BCUT2D eigenvalue weighted by molar-refractivity contribution is 5.98. The van der Waals surface area contributed by atoms with Crippen LogP contribution in [0, 0.1) is 0 Å². The summed E-state index contributed by atoms with van der Waals surface area (Å²) in [5.74, 6) is 0. The Morgan fingerprint density at radius 3 is 2.87 bits per heavy atom. The molecule has 5 heteroatoms. The molecule has 0 saturated heterocycles. The Kier molecular flexibility index (Phi) is 3.79. The van der Waals surface area contributed by atoms with Crippen molar-refractivity contribution in [2.45, 2.75) is 13.8 Å². The molecule has 0 fully saturated rings. The van der Waals surface area contributed by atoms with Gasteiger partial charge >= 0.3 is 6.09 Å². The lowest BCUT2D eigenvalue weighted by atomic mass is 10.2. The summed E-state index contributed by atoms with van der Waals surface area (Å²) in [6.07, 6.45) is 2.25. The Bertz CT molecular complexity index is 362. The molecule has 0 aliphatic heterocycles. The Balaban J connectivity index is 2.88. The number of carboxylic acid groups (broad SMARTS) is 1. The van der Waals surface area contributed by atoms with Crippen LogP contribution in [0.2, 0.25) is 0 Å². The smallest absolute Gasteiger partial charge is 0.427 e. The summed E-state index contributed by atoms with van der Waals surface area (Å²) in [5, 5.41) is 13.7. The van der Waals surface area contributed by atoms with Crippen LogP contribution in [0.15, 0.2) is 29.6 Å². The molecule has 1 heterocycles. The second-order valence-electron chi connectivity index (χ2n) is 2.93. The highest BCUT2D eigenvalue weighted by atomic mass is 16.4. The topological polar surface area (TPSA) is 65.8 Å². The third-order valence-electron chi connectivity index (χ3n) is 1.87. The van der Waals surface area contributed by atoms with Gasteiger partial charge in [0.15, 0.2) is 0 Å². The van der Waals surface area contributed by atoms with Crippen LogP contribution in [-0.4, -0.2) is 33.4 Å². The minimum Gasteiger partial charge on any atom is -0.464 e. The van der Waals surface area contributed by atoms with E-state index in [2.05, 4.69) is 10.1 Å². The molecule has 1 aromatic heterocycles. The molecule has 0 spiro atoms. The second kappa shape index (κ2) is 5.09. The zero-order chi connectivity index (χ0) is 11.3. The Hall–Kier alpha value is -1.91. The van der Waals surface area contributed by atoms with Crippen molar-refractivity contribution in [3.05, 3.63) is 30.1 Å². The van der Waals surface area contributed by atoms with E-state index in [1.54, 1.807) is 32.3 Å². The number of pyridine rings is 1. The number of aromatic nitrogens is 1. The highest BCUT2D eigenvalue weighted by Crippen LogP contribution is 2.01. The van der Waals surface area contributed by atoms with Crippen molar-refractivity contribution >= 4 is 11.8 Å². The summed E-state index contributed by atoms with van der Waals surface area (Å²) < 4.78 is 0. The van der Waals surface area contributed by atoms with Crippen LogP contribution >= 0.6 is 0 Å². The van der Waals surface area contributed by atoms with E-state index < -0.39 is 6.09 Å². The number of carbonyl (C=O) groups is 1. The number of hydrogen-bond acceptors (Lipinski definition) is 3. The molecule has 0 aliphatic rings. The van der Waals surface area contributed by atoms with Crippen LogP contribution in [0.1, 0.15) is 19.4 Å². The third kappa shape index (κ3) is 3.05. The summed E-state index contributed by atoms with van der Waals surface area (Å²) in [5.41, 5.74) is 1.45. The monoisotopic (exact) mass is 207 g/mol. The molecule has 0 radical (unpaired) electrons. The van der Waals surface area contributed by atoms with Crippen LogP contribution in [0.4, 0.5) is 4.79 Å². The maximum Gasteiger partial charge on any atom is 0.427 e. The first-order valence-electron chi connectivity index (χ1n) is 4.61. The molecule has 0 aromatic carbocycles. The predicted molar refractivity (Wildman–Crippen MR) is 56.9 cm³/mol. The van der Waals surface area contributed by atoms with Crippen molar-refractivity contribution in [3.63, 3.8) is 0 Å². The first kappa shape index (κ1) is 11.2. The number of amides is 1. The number of rotatable bonds is 3. The van der Waals surface area contributed by atoms with Gasteiger partial charge in [0.1, 0.15) is 0 Å². The fraction of sp³-hybridized carbons (Fsp3) is 0.300. The van der Waals surface area contributed by atoms with Crippen molar-refractivity contribution in [1.82, 2.24) is 9.99 Å². The van der Waals surface area contributed by atoms with E-state index in [0.717, 1.165) is 10.6 Å². The molecule has 1 N–H and O–H groups in total. The van der Waals surface area contributed by atoms with Crippen molar-refractivity contribution in [1.29, 1.82) is 0 Å². The molecular weight excluding hydrogens is 194 g/mol. The normalized spacial score (nSPS) is 11.2. The standard InChI is InChI=1S/C10H13N3O2/c1-3-13(10(14)15)12-8(2)9-5-4-6-11-7-9/h4-7H,3H2,1-2H3,(H,14,15)/b12-8-. The van der Waals surface area contributed by atoms with Gasteiger partial charge in [-0.2, -0.15) is 10.1 Å². The summed E-state index contributed by atoms with van der Waals surface area (Å²) in [6, 6.07) is 3.62. The molecule has 1 aromatic rings. The molecule has 5 nitrogen and oxygen atoms in total. The van der Waals surface area contributed by atoms with Gasteiger partial charge in [-0.05, 0) is 19.9 Å². The van der Waals surface area contributed by atoms with Crippen LogP contribution in [0.3, 0.4) is 0 Å². The minimum absolute atomic E-state index is 0.326. The maximum absolute atomic E-state index is 10.7. The quantitative estimate of drug-likeness (QED) is 0.607. The molecule has 1 amide bonds. The molecule has 0 atom stereocenters. The van der Waals surface area contributed by atoms with Gasteiger partial charge in [-0.1, -0.05) is 6.07 Å². The van der Waals surface area contributed by atoms with Gasteiger partial charge in [0.25, 0.3) is 0 Å². The molecule has 15 heavy (non-hydrogen) atoms. The van der Waals surface area contributed by atoms with Gasteiger partial charge in [0.2, 0.25) is 0 Å². The fourth-order valence-corrected chi connectivity index (χ4v) is 1.06. The lowest BCUT2D eigenvalue weighted by Gasteiger charge is -2.11. The Morgan fingerprint density at radius 2 is 2.40 bits per heavy atom. The van der Waals surface area contributed by atoms with Crippen LogP contribution < -0.4 is 0 Å². The molecule has 0 bridgehead atoms. The predicted octanol–water partition coefficient (Wildman–Crippen LogP) is 1.81. The van der Waals surface area contributed by atoms with Crippen LogP contribution in [0.5, 0.6) is 0 Å². The third-order valence-corrected chi connectivity index (χ3v) is 1.87. The lowest BCUT2D eigenvalue weighted by Crippen LogP contribution is -2.24. The highest BCUT2D eigenvalue weighted by Gasteiger charge is 2.08. The van der Waals surface area contributed by atoms with E-state index in [0.29, 0.717) is 12.3 Å². The molecule has 0 unspecified atom stereocenters. The largest absolute Gasteiger partial charge is 0.464 e. The first-order chi connectivity index (χ1) is 7.15. The molecule has 0 aliphatic carbocycles. The molecule has 0 saturated carbocycles. The summed E-state index contributed by atoms with van der Waals surface area (Å²) >= 11 is 0. The van der Waals surface area contributed by atoms with Gasteiger partial charge in [-0.15, -0.1) is 0 Å². The van der Waals surface area contributed by atoms with E-state index in [1.165, 1.54) is 0 Å². The Morgan fingerprint density at radius 1 is 1.67 bits per heavy atom. The van der Waals surface area contributed by atoms with E-state index >= 15 is 0 Å². The minimum atomic E-state index is -1.05. The molecule has 1 rings (SSSR count). The van der Waals surface area contributed by atoms with Crippen molar-refractivity contribution in [3.8, 4) is 0 Å². The van der Waals surface area contributed by atoms with E-state index in [1.807, 2.05) is 6.07 Å². The second-order valence-corrected chi connectivity index (χ2v) is 2.93. The van der Waals surface area contributed by atoms with Gasteiger partial charge < -0.3 is 5.11 Å². The van der Waals surface area contributed by atoms with Crippen LogP contribution in [-0.2, 0) is 0 Å². The summed E-state index contributed by atoms with van der Waals surface area (Å²) in [4.78, 5) is 14.6. The van der Waals surface area contributed by atoms with E-state index in [9.17, 15) is 4.79 Å². The van der Waals surface area contributed by atoms with Crippen molar-refractivity contribution in [2.75, 3.05) is 6.54 Å². The number of hydrogen-bond donors (Lipinski definition) is 1. The van der Waals surface area contributed by atoms with E-state index in [-0.39, 0.29) is 0 Å². The van der Waals surface area contributed by atoms with Gasteiger partial charge in [-0.3, -0.25) is 4.98 Å². The number of nitrogens with zero attached hydrogens (tertiary/aromatic N) is 3. The van der Waals surface area contributed by atoms with Gasteiger partial charge in [-0.25, -0.2) is 4.79 Å².